The maximum absolute atomic E-state index is 9.88. The van der Waals surface area contributed by atoms with Gasteiger partial charge in [-0.15, -0.1) is 0 Å². The normalized spacial score (nSPS) is 35.6. The van der Waals surface area contributed by atoms with Crippen LogP contribution < -0.4 is 0 Å². The highest BCUT2D eigenvalue weighted by Gasteiger charge is 2.45. The molecule has 1 heteroatoms. The molecule has 1 nitrogen and oxygen atoms in total. The van der Waals surface area contributed by atoms with Gasteiger partial charge in [-0.3, -0.25) is 0 Å². The molecule has 0 radical (unpaired) electrons. The standard InChI is InChI=1S/C29H42O/c1-20-18-22(3)23(4)25(19-20)13-12-24-11-9-17-29(7)26(14-15-27(24)29)21(2)10-8-16-28(5,6)30/h12-14,20-22,27,30H,4,9-11,15,17-19H2,1-3,5-7H3/b24-12+,25-13-. The second-order valence-electron chi connectivity index (χ2n) is 11.1. The zero-order valence-electron chi connectivity index (χ0n) is 20.1. The molecule has 0 aromatic rings. The highest BCUT2D eigenvalue weighted by Crippen LogP contribution is 2.56. The molecule has 5 atom stereocenters. The second-order valence-corrected chi connectivity index (χ2v) is 11.1. The Kier molecular flexibility index (Phi) is 6.88. The Balaban J connectivity index is 1.76. The van der Waals surface area contributed by atoms with Crippen LogP contribution in [0.25, 0.3) is 0 Å². The van der Waals surface area contributed by atoms with Crippen LogP contribution >= 0.6 is 0 Å². The average molecular weight is 407 g/mol. The SMILES string of the molecule is C=C1/C(=C\C=C2/CCCC3(C)C(C(C)CC#CC(C)(C)O)=CCC23)CC(C)CC1C. The van der Waals surface area contributed by atoms with Crippen LogP contribution in [-0.4, -0.2) is 10.7 Å². The average Bonchev–Trinajstić information content (AvgIpc) is 3.00. The molecule has 0 aromatic heterocycles. The molecule has 0 saturated heterocycles. The van der Waals surface area contributed by atoms with E-state index in [1.54, 1.807) is 25.0 Å². The van der Waals surface area contributed by atoms with E-state index in [0.29, 0.717) is 17.8 Å². The zero-order chi connectivity index (χ0) is 22.1. The molecule has 0 spiro atoms. The van der Waals surface area contributed by atoms with Crippen molar-refractivity contribution in [3.8, 4) is 11.8 Å². The summed E-state index contributed by atoms with van der Waals surface area (Å²) in [7, 11) is 0. The third kappa shape index (κ3) is 5.03. The summed E-state index contributed by atoms with van der Waals surface area (Å²) in [5.41, 5.74) is 5.43. The van der Waals surface area contributed by atoms with Gasteiger partial charge in [-0.2, -0.15) is 0 Å². The van der Waals surface area contributed by atoms with Crippen molar-refractivity contribution >= 4 is 0 Å². The highest BCUT2D eigenvalue weighted by molar-refractivity contribution is 5.39. The molecular formula is C29H42O. The predicted molar refractivity (Wildman–Crippen MR) is 129 cm³/mol. The molecule has 164 valence electrons. The van der Waals surface area contributed by atoms with Gasteiger partial charge in [0.1, 0.15) is 5.60 Å². The van der Waals surface area contributed by atoms with Crippen molar-refractivity contribution < 1.29 is 5.11 Å². The molecule has 3 rings (SSSR count). The van der Waals surface area contributed by atoms with E-state index in [1.807, 2.05) is 0 Å². The first-order chi connectivity index (χ1) is 14.0. The molecular weight excluding hydrogens is 364 g/mol. The quantitative estimate of drug-likeness (QED) is 0.382. The van der Waals surface area contributed by atoms with Gasteiger partial charge in [-0.25, -0.2) is 0 Å². The van der Waals surface area contributed by atoms with Gasteiger partial charge >= 0.3 is 0 Å². The molecule has 3 aliphatic rings. The monoisotopic (exact) mass is 406 g/mol. The summed E-state index contributed by atoms with van der Waals surface area (Å²) in [5.74, 6) is 8.68. The molecule has 5 unspecified atom stereocenters. The maximum atomic E-state index is 9.88. The number of rotatable bonds is 3. The number of aliphatic hydroxyl groups is 1. The Bertz CT molecular complexity index is 819. The Morgan fingerprint density at radius 3 is 2.77 bits per heavy atom. The van der Waals surface area contributed by atoms with Crippen molar-refractivity contribution in [1.29, 1.82) is 0 Å². The summed E-state index contributed by atoms with van der Waals surface area (Å²) in [5, 5.41) is 9.88. The third-order valence-electron chi connectivity index (χ3n) is 7.77. The van der Waals surface area contributed by atoms with Crippen molar-refractivity contribution in [2.75, 3.05) is 0 Å². The minimum absolute atomic E-state index is 0.266. The maximum Gasteiger partial charge on any atom is 0.119 e. The molecule has 0 aliphatic heterocycles. The lowest BCUT2D eigenvalue weighted by molar-refractivity contribution is 0.143. The van der Waals surface area contributed by atoms with Gasteiger partial charge in [0.05, 0.1) is 0 Å². The van der Waals surface area contributed by atoms with E-state index in [9.17, 15) is 5.11 Å². The van der Waals surface area contributed by atoms with Crippen molar-refractivity contribution in [1.82, 2.24) is 0 Å². The van der Waals surface area contributed by atoms with Crippen LogP contribution in [0.5, 0.6) is 0 Å². The molecule has 0 heterocycles. The molecule has 3 aliphatic carbocycles. The fourth-order valence-corrected chi connectivity index (χ4v) is 6.18. The first kappa shape index (κ1) is 23.1. The first-order valence-corrected chi connectivity index (χ1v) is 12.0. The molecule has 2 fully saturated rings. The molecule has 30 heavy (non-hydrogen) atoms. The van der Waals surface area contributed by atoms with Crippen molar-refractivity contribution in [3.05, 3.63) is 47.1 Å². The van der Waals surface area contributed by atoms with Gasteiger partial charge in [0.2, 0.25) is 0 Å². The van der Waals surface area contributed by atoms with Crippen molar-refractivity contribution in [2.24, 2.45) is 29.1 Å². The molecule has 0 aromatic carbocycles. The van der Waals surface area contributed by atoms with Gasteiger partial charge in [-0.05, 0) is 92.6 Å². The van der Waals surface area contributed by atoms with E-state index in [-0.39, 0.29) is 5.41 Å². The molecule has 0 amide bonds. The number of hydrogen-bond donors (Lipinski definition) is 1. The van der Waals surface area contributed by atoms with Crippen LogP contribution in [0.4, 0.5) is 0 Å². The number of hydrogen-bond acceptors (Lipinski definition) is 1. The highest BCUT2D eigenvalue weighted by atomic mass is 16.3. The lowest BCUT2D eigenvalue weighted by Gasteiger charge is -2.42. The minimum Gasteiger partial charge on any atom is -0.378 e. The number of allylic oxidation sites excluding steroid dienone is 7. The van der Waals surface area contributed by atoms with Gasteiger partial charge in [0.15, 0.2) is 0 Å². The Morgan fingerprint density at radius 2 is 2.07 bits per heavy atom. The summed E-state index contributed by atoms with van der Waals surface area (Å²) in [6.07, 6.45) is 15.6. The molecule has 1 N–H and O–H groups in total. The molecule has 0 bridgehead atoms. The zero-order valence-corrected chi connectivity index (χ0v) is 20.1. The lowest BCUT2D eigenvalue weighted by atomic mass is 9.62. The van der Waals surface area contributed by atoms with E-state index in [4.69, 9.17) is 0 Å². The Morgan fingerprint density at radius 1 is 1.33 bits per heavy atom. The third-order valence-corrected chi connectivity index (χ3v) is 7.77. The smallest absolute Gasteiger partial charge is 0.119 e. The summed E-state index contributed by atoms with van der Waals surface area (Å²) in [4.78, 5) is 0. The minimum atomic E-state index is -0.900. The van der Waals surface area contributed by atoms with Crippen LogP contribution in [0.1, 0.15) is 86.5 Å². The van der Waals surface area contributed by atoms with Crippen LogP contribution in [0, 0.1) is 40.9 Å². The summed E-state index contributed by atoms with van der Waals surface area (Å²) >= 11 is 0. The van der Waals surface area contributed by atoms with E-state index in [2.05, 4.69) is 64.3 Å². The first-order valence-electron chi connectivity index (χ1n) is 12.0. The van der Waals surface area contributed by atoms with E-state index in [1.165, 1.54) is 43.3 Å². The fraction of sp³-hybridized carbons (Fsp3) is 0.655. The molecule has 2 saturated carbocycles. The van der Waals surface area contributed by atoms with Gasteiger partial charge in [0.25, 0.3) is 0 Å². The predicted octanol–water partition coefficient (Wildman–Crippen LogP) is 7.40. The second kappa shape index (κ2) is 8.92. The van der Waals surface area contributed by atoms with Crippen LogP contribution in [0.3, 0.4) is 0 Å². The largest absolute Gasteiger partial charge is 0.378 e. The lowest BCUT2D eigenvalue weighted by Crippen LogP contribution is -2.32. The van der Waals surface area contributed by atoms with Crippen LogP contribution in [0.2, 0.25) is 0 Å². The summed E-state index contributed by atoms with van der Waals surface area (Å²) in [6.45, 7) is 17.4. The topological polar surface area (TPSA) is 20.2 Å². The Hall–Kier alpha value is -1.52. The summed E-state index contributed by atoms with van der Waals surface area (Å²) < 4.78 is 0. The van der Waals surface area contributed by atoms with Crippen molar-refractivity contribution in [3.63, 3.8) is 0 Å². The van der Waals surface area contributed by atoms with Gasteiger partial charge < -0.3 is 5.11 Å². The van der Waals surface area contributed by atoms with E-state index < -0.39 is 5.60 Å². The fourth-order valence-electron chi connectivity index (χ4n) is 6.18. The number of fused-ring (bicyclic) bond motifs is 1. The van der Waals surface area contributed by atoms with Crippen LogP contribution in [0.15, 0.2) is 47.1 Å². The van der Waals surface area contributed by atoms with Gasteiger partial charge in [0, 0.05) is 6.42 Å². The van der Waals surface area contributed by atoms with Crippen molar-refractivity contribution in [2.45, 2.75) is 92.1 Å². The van der Waals surface area contributed by atoms with Crippen LogP contribution in [-0.2, 0) is 0 Å². The van der Waals surface area contributed by atoms with Gasteiger partial charge in [-0.1, -0.05) is 75.5 Å². The Labute approximate surface area is 185 Å². The van der Waals surface area contributed by atoms with E-state index >= 15 is 0 Å². The van der Waals surface area contributed by atoms with E-state index in [0.717, 1.165) is 18.8 Å². The summed E-state index contributed by atoms with van der Waals surface area (Å²) in [6, 6.07) is 0.